The molecule has 0 aliphatic heterocycles. The van der Waals surface area contributed by atoms with Crippen molar-refractivity contribution in [3.05, 3.63) is 60.3 Å². The number of aryl methyl sites for hydroxylation is 1. The summed E-state index contributed by atoms with van der Waals surface area (Å²) in [5.74, 6) is -0.0835. The average molecular weight is 306 g/mol. The van der Waals surface area contributed by atoms with Crippen molar-refractivity contribution in [1.82, 2.24) is 15.0 Å². The van der Waals surface area contributed by atoms with Crippen LogP contribution in [0.3, 0.4) is 0 Å². The Morgan fingerprint density at radius 2 is 1.87 bits per heavy atom. The van der Waals surface area contributed by atoms with E-state index in [4.69, 9.17) is 0 Å². The zero-order valence-electron chi connectivity index (χ0n) is 13.2. The normalized spacial score (nSPS) is 10.5. The minimum atomic E-state index is -0.0835. The fourth-order valence-electron chi connectivity index (χ4n) is 2.47. The molecule has 3 rings (SSSR count). The zero-order valence-corrected chi connectivity index (χ0v) is 13.2. The van der Waals surface area contributed by atoms with Crippen molar-refractivity contribution in [2.45, 2.75) is 20.3 Å². The molecule has 1 heterocycles. The van der Waals surface area contributed by atoms with Gasteiger partial charge in [0.1, 0.15) is 5.69 Å². The van der Waals surface area contributed by atoms with Crippen LogP contribution in [0.2, 0.25) is 0 Å². The Labute approximate surface area is 135 Å². The average Bonchev–Trinajstić information content (AvgIpc) is 3.05. The van der Waals surface area contributed by atoms with Crippen molar-refractivity contribution >= 4 is 11.6 Å². The second kappa shape index (κ2) is 6.44. The number of nitrogens with zero attached hydrogens (tertiary/aromatic N) is 3. The summed E-state index contributed by atoms with van der Waals surface area (Å²) >= 11 is 0. The molecule has 1 N–H and O–H groups in total. The largest absolute Gasteiger partial charge is 0.326 e. The lowest BCUT2D eigenvalue weighted by Gasteiger charge is -2.05. The van der Waals surface area contributed by atoms with Crippen LogP contribution in [0.5, 0.6) is 0 Å². The van der Waals surface area contributed by atoms with Crippen LogP contribution in [0, 0.1) is 0 Å². The first-order valence-corrected chi connectivity index (χ1v) is 7.56. The third kappa shape index (κ3) is 3.29. The molecular formula is C18H18N4O. The fourth-order valence-corrected chi connectivity index (χ4v) is 2.47. The highest BCUT2D eigenvalue weighted by Crippen LogP contribution is 2.21. The molecule has 0 aliphatic carbocycles. The van der Waals surface area contributed by atoms with Crippen LogP contribution in [0.25, 0.3) is 16.9 Å². The van der Waals surface area contributed by atoms with Gasteiger partial charge < -0.3 is 5.32 Å². The Morgan fingerprint density at radius 1 is 1.13 bits per heavy atom. The second-order valence-electron chi connectivity index (χ2n) is 5.29. The summed E-state index contributed by atoms with van der Waals surface area (Å²) in [4.78, 5) is 11.1. The molecular weight excluding hydrogens is 288 g/mol. The molecule has 23 heavy (non-hydrogen) atoms. The quantitative estimate of drug-likeness (QED) is 0.803. The number of carbonyl (C=O) groups is 1. The zero-order chi connectivity index (χ0) is 16.2. The Kier molecular flexibility index (Phi) is 4.19. The number of hydrogen-bond acceptors (Lipinski definition) is 3. The predicted molar refractivity (Wildman–Crippen MR) is 90.5 cm³/mol. The van der Waals surface area contributed by atoms with Crippen LogP contribution in [0.4, 0.5) is 5.69 Å². The summed E-state index contributed by atoms with van der Waals surface area (Å²) in [6.45, 7) is 3.61. The number of anilines is 1. The summed E-state index contributed by atoms with van der Waals surface area (Å²) in [5, 5.41) is 11.2. The van der Waals surface area contributed by atoms with Crippen LogP contribution in [0.15, 0.2) is 54.7 Å². The minimum Gasteiger partial charge on any atom is -0.326 e. The lowest BCUT2D eigenvalue weighted by molar-refractivity contribution is -0.114. The molecule has 0 fully saturated rings. The molecule has 0 radical (unpaired) electrons. The van der Waals surface area contributed by atoms with Crippen molar-refractivity contribution in [3.63, 3.8) is 0 Å². The van der Waals surface area contributed by atoms with Gasteiger partial charge in [-0.05, 0) is 30.2 Å². The molecule has 0 aliphatic rings. The molecule has 0 unspecified atom stereocenters. The van der Waals surface area contributed by atoms with Crippen LogP contribution in [0.1, 0.15) is 19.4 Å². The van der Waals surface area contributed by atoms with Crippen molar-refractivity contribution in [1.29, 1.82) is 0 Å². The number of aromatic nitrogens is 3. The number of para-hydroxylation sites is 1. The van der Waals surface area contributed by atoms with Crippen LogP contribution < -0.4 is 5.32 Å². The first kappa shape index (κ1) is 15.0. The fraction of sp³-hybridized carbons (Fsp3) is 0.167. The van der Waals surface area contributed by atoms with Crippen molar-refractivity contribution in [3.8, 4) is 16.9 Å². The number of rotatable bonds is 4. The van der Waals surface area contributed by atoms with E-state index in [1.54, 1.807) is 4.68 Å². The monoisotopic (exact) mass is 306 g/mol. The lowest BCUT2D eigenvalue weighted by Crippen LogP contribution is -2.05. The van der Waals surface area contributed by atoms with Gasteiger partial charge in [-0.2, -0.15) is 0 Å². The van der Waals surface area contributed by atoms with E-state index in [-0.39, 0.29) is 5.91 Å². The van der Waals surface area contributed by atoms with Gasteiger partial charge in [-0.1, -0.05) is 42.5 Å². The molecule has 1 amide bonds. The van der Waals surface area contributed by atoms with Crippen LogP contribution >= 0.6 is 0 Å². The topological polar surface area (TPSA) is 59.8 Å². The van der Waals surface area contributed by atoms with E-state index in [2.05, 4.69) is 28.6 Å². The smallest absolute Gasteiger partial charge is 0.221 e. The highest BCUT2D eigenvalue weighted by Gasteiger charge is 2.08. The SMILES string of the molecule is CCc1ccccc1-n1cc(-c2ccc(NC(C)=O)cc2)nn1. The Bertz CT molecular complexity index is 821. The van der Waals surface area contributed by atoms with Gasteiger partial charge in [-0.25, -0.2) is 4.68 Å². The predicted octanol–water partition coefficient (Wildman–Crippen LogP) is 3.46. The molecule has 5 heteroatoms. The third-order valence-electron chi connectivity index (χ3n) is 3.61. The van der Waals surface area contributed by atoms with Gasteiger partial charge in [-0.15, -0.1) is 5.10 Å². The van der Waals surface area contributed by atoms with E-state index in [0.29, 0.717) is 0 Å². The number of carbonyl (C=O) groups excluding carboxylic acids is 1. The molecule has 0 saturated carbocycles. The molecule has 1 aromatic heterocycles. The second-order valence-corrected chi connectivity index (χ2v) is 5.29. The van der Waals surface area contributed by atoms with Gasteiger partial charge in [0.2, 0.25) is 5.91 Å². The number of benzene rings is 2. The highest BCUT2D eigenvalue weighted by molar-refractivity contribution is 5.88. The minimum absolute atomic E-state index is 0.0835. The molecule has 2 aromatic carbocycles. The third-order valence-corrected chi connectivity index (χ3v) is 3.61. The number of hydrogen-bond donors (Lipinski definition) is 1. The molecule has 0 atom stereocenters. The maximum Gasteiger partial charge on any atom is 0.221 e. The summed E-state index contributed by atoms with van der Waals surface area (Å²) in [6.07, 6.45) is 2.86. The maximum absolute atomic E-state index is 11.1. The Morgan fingerprint density at radius 3 is 2.57 bits per heavy atom. The number of nitrogens with one attached hydrogen (secondary N) is 1. The van der Waals surface area contributed by atoms with Crippen LogP contribution in [-0.2, 0) is 11.2 Å². The summed E-state index contributed by atoms with van der Waals surface area (Å²) in [6, 6.07) is 15.7. The van der Waals surface area contributed by atoms with Gasteiger partial charge in [0, 0.05) is 18.2 Å². The summed E-state index contributed by atoms with van der Waals surface area (Å²) in [5.41, 5.74) is 4.79. The van der Waals surface area contributed by atoms with Gasteiger partial charge >= 0.3 is 0 Å². The van der Waals surface area contributed by atoms with Gasteiger partial charge in [-0.3, -0.25) is 4.79 Å². The molecule has 116 valence electrons. The first-order valence-electron chi connectivity index (χ1n) is 7.56. The highest BCUT2D eigenvalue weighted by atomic mass is 16.1. The van der Waals surface area contributed by atoms with Gasteiger partial charge in [0.05, 0.1) is 11.9 Å². The van der Waals surface area contributed by atoms with Crippen molar-refractivity contribution in [2.24, 2.45) is 0 Å². The van der Waals surface area contributed by atoms with E-state index < -0.39 is 0 Å². The maximum atomic E-state index is 11.1. The standard InChI is InChI=1S/C18H18N4O/c1-3-14-6-4-5-7-18(14)22-12-17(20-21-22)15-8-10-16(11-9-15)19-13(2)23/h4-12H,3H2,1-2H3,(H,19,23). The molecule has 3 aromatic rings. The molecule has 0 saturated heterocycles. The first-order chi connectivity index (χ1) is 11.2. The molecule has 0 spiro atoms. The van der Waals surface area contributed by atoms with E-state index in [1.807, 2.05) is 48.7 Å². The van der Waals surface area contributed by atoms with E-state index in [1.165, 1.54) is 12.5 Å². The van der Waals surface area contributed by atoms with E-state index in [9.17, 15) is 4.79 Å². The lowest BCUT2D eigenvalue weighted by atomic mass is 10.1. The van der Waals surface area contributed by atoms with E-state index in [0.717, 1.165) is 29.1 Å². The molecule has 5 nitrogen and oxygen atoms in total. The van der Waals surface area contributed by atoms with Gasteiger partial charge in [0.15, 0.2) is 0 Å². The van der Waals surface area contributed by atoms with Crippen molar-refractivity contribution < 1.29 is 4.79 Å². The van der Waals surface area contributed by atoms with Crippen molar-refractivity contribution in [2.75, 3.05) is 5.32 Å². The van der Waals surface area contributed by atoms with Crippen LogP contribution in [-0.4, -0.2) is 20.9 Å². The van der Waals surface area contributed by atoms with E-state index >= 15 is 0 Å². The summed E-state index contributed by atoms with van der Waals surface area (Å²) in [7, 11) is 0. The Balaban J connectivity index is 1.88. The number of amides is 1. The molecule has 0 bridgehead atoms. The Hall–Kier alpha value is -2.95. The van der Waals surface area contributed by atoms with Gasteiger partial charge in [0.25, 0.3) is 0 Å². The summed E-state index contributed by atoms with van der Waals surface area (Å²) < 4.78 is 1.80.